The molecule has 0 bridgehead atoms. The van der Waals surface area contributed by atoms with Crippen molar-refractivity contribution in [1.29, 1.82) is 0 Å². The number of hydrogen-bond donors (Lipinski definition) is 0. The number of carbonyl (C=O) groups excluding carboxylic acids is 1. The highest BCUT2D eigenvalue weighted by atomic mass is 32.2. The van der Waals surface area contributed by atoms with Crippen LogP contribution < -0.4 is 0 Å². The minimum Gasteiger partial charge on any atom is -0.464 e. The Balaban J connectivity index is 1.82. The van der Waals surface area contributed by atoms with E-state index >= 15 is 0 Å². The predicted octanol–water partition coefficient (Wildman–Crippen LogP) is 5.85. The van der Waals surface area contributed by atoms with Gasteiger partial charge in [0.05, 0.1) is 11.5 Å². The van der Waals surface area contributed by atoms with Crippen LogP contribution in [0.2, 0.25) is 0 Å². The molecule has 0 amide bonds. The van der Waals surface area contributed by atoms with Crippen molar-refractivity contribution in [3.63, 3.8) is 0 Å². The number of allylic oxidation sites excluding steroid dienone is 4. The second-order valence-corrected chi connectivity index (χ2v) is 11.2. The van der Waals surface area contributed by atoms with Crippen molar-refractivity contribution in [2.24, 2.45) is 0 Å². The fourth-order valence-corrected chi connectivity index (χ4v) is 5.01. The fourth-order valence-electron chi connectivity index (χ4n) is 3.73. The third-order valence-electron chi connectivity index (χ3n) is 5.91. The molecule has 0 unspecified atom stereocenters. The van der Waals surface area contributed by atoms with Gasteiger partial charge in [0.25, 0.3) is 0 Å². The van der Waals surface area contributed by atoms with Gasteiger partial charge in [0, 0.05) is 26.1 Å². The van der Waals surface area contributed by atoms with Crippen LogP contribution in [0.15, 0.2) is 24.3 Å². The van der Waals surface area contributed by atoms with E-state index in [1.165, 1.54) is 64.2 Å². The van der Waals surface area contributed by atoms with Gasteiger partial charge in [0.1, 0.15) is 6.61 Å². The van der Waals surface area contributed by atoms with Gasteiger partial charge in [0.2, 0.25) is 0 Å². The van der Waals surface area contributed by atoms with E-state index in [-0.39, 0.29) is 17.5 Å². The molecule has 1 heterocycles. The van der Waals surface area contributed by atoms with Crippen LogP contribution in [0.25, 0.3) is 0 Å². The molecular weight excluding hydrogens is 422 g/mol. The summed E-state index contributed by atoms with van der Waals surface area (Å²) in [5.74, 6) is 0.301. The largest absolute Gasteiger partial charge is 0.464 e. The first-order chi connectivity index (χ1) is 15.5. The molecule has 0 aromatic carbocycles. The molecular formula is C26H47NO4S. The maximum atomic E-state index is 11.8. The molecule has 0 N–H and O–H groups in total. The summed E-state index contributed by atoms with van der Waals surface area (Å²) in [6, 6.07) is 0. The van der Waals surface area contributed by atoms with Crippen molar-refractivity contribution < 1.29 is 17.9 Å². The summed E-state index contributed by atoms with van der Waals surface area (Å²) in [6.07, 6.45) is 25.4. The van der Waals surface area contributed by atoms with E-state index in [9.17, 15) is 13.2 Å². The van der Waals surface area contributed by atoms with Crippen LogP contribution >= 0.6 is 0 Å². The summed E-state index contributed by atoms with van der Waals surface area (Å²) >= 11 is 0. The Morgan fingerprint density at radius 2 is 1.31 bits per heavy atom. The maximum absolute atomic E-state index is 11.8. The second kappa shape index (κ2) is 19.3. The monoisotopic (exact) mass is 469 g/mol. The van der Waals surface area contributed by atoms with E-state index in [4.69, 9.17) is 4.74 Å². The number of esters is 1. The smallest absolute Gasteiger partial charge is 0.305 e. The minimum absolute atomic E-state index is 0.131. The van der Waals surface area contributed by atoms with Gasteiger partial charge in [-0.2, -0.15) is 0 Å². The summed E-state index contributed by atoms with van der Waals surface area (Å²) in [5, 5.41) is 0. The summed E-state index contributed by atoms with van der Waals surface area (Å²) in [7, 11) is -2.85. The van der Waals surface area contributed by atoms with Gasteiger partial charge in [-0.1, -0.05) is 63.3 Å². The third-order valence-corrected chi connectivity index (χ3v) is 7.52. The molecule has 0 atom stereocenters. The van der Waals surface area contributed by atoms with Gasteiger partial charge < -0.3 is 4.74 Å². The first kappa shape index (κ1) is 28.9. The van der Waals surface area contributed by atoms with E-state index in [0.717, 1.165) is 19.3 Å². The zero-order valence-electron chi connectivity index (χ0n) is 20.4. The number of ether oxygens (including phenoxy) is 1. The third kappa shape index (κ3) is 17.4. The Kier molecular flexibility index (Phi) is 17.5. The normalized spacial score (nSPS) is 16.8. The van der Waals surface area contributed by atoms with Gasteiger partial charge in [-0.15, -0.1) is 0 Å². The minimum atomic E-state index is -2.85. The molecule has 1 aliphatic heterocycles. The highest BCUT2D eigenvalue weighted by Gasteiger charge is 2.21. The van der Waals surface area contributed by atoms with Crippen molar-refractivity contribution in [3.8, 4) is 0 Å². The highest BCUT2D eigenvalue weighted by molar-refractivity contribution is 7.91. The lowest BCUT2D eigenvalue weighted by atomic mass is 10.1. The molecule has 1 rings (SSSR count). The number of unbranched alkanes of at least 4 members (excludes halogenated alkanes) is 10. The maximum Gasteiger partial charge on any atom is 0.305 e. The van der Waals surface area contributed by atoms with Crippen LogP contribution in [0.3, 0.4) is 0 Å². The van der Waals surface area contributed by atoms with Crippen molar-refractivity contribution in [3.05, 3.63) is 24.3 Å². The van der Waals surface area contributed by atoms with Gasteiger partial charge in [-0.25, -0.2) is 8.42 Å². The van der Waals surface area contributed by atoms with E-state index in [2.05, 4.69) is 36.1 Å². The fraction of sp³-hybridized carbons (Fsp3) is 0.808. The summed E-state index contributed by atoms with van der Waals surface area (Å²) in [4.78, 5) is 13.8. The zero-order valence-corrected chi connectivity index (χ0v) is 21.3. The first-order valence-electron chi connectivity index (χ1n) is 12.9. The van der Waals surface area contributed by atoms with Crippen molar-refractivity contribution in [2.45, 2.75) is 96.8 Å². The van der Waals surface area contributed by atoms with Crippen LogP contribution in [0.1, 0.15) is 96.8 Å². The molecule has 1 fully saturated rings. The average Bonchev–Trinajstić information content (AvgIpc) is 2.77. The molecule has 1 saturated heterocycles. The SMILES string of the molecule is CCCCC/C=C\CCC/C=C\CCCCCCCC(=O)OCCN1CCS(=O)(=O)CC1. The molecule has 32 heavy (non-hydrogen) atoms. The summed E-state index contributed by atoms with van der Waals surface area (Å²) in [6.45, 7) is 4.33. The van der Waals surface area contributed by atoms with E-state index < -0.39 is 9.84 Å². The second-order valence-electron chi connectivity index (χ2n) is 8.89. The molecule has 0 aromatic rings. The molecule has 0 aromatic heterocycles. The molecule has 6 heteroatoms. The zero-order chi connectivity index (χ0) is 23.3. The lowest BCUT2D eigenvalue weighted by Gasteiger charge is -2.26. The molecule has 0 aliphatic carbocycles. The first-order valence-corrected chi connectivity index (χ1v) is 14.7. The average molecular weight is 470 g/mol. The molecule has 186 valence electrons. The summed E-state index contributed by atoms with van der Waals surface area (Å²) in [5.41, 5.74) is 0. The van der Waals surface area contributed by atoms with Crippen molar-refractivity contribution in [1.82, 2.24) is 4.90 Å². The van der Waals surface area contributed by atoms with Crippen LogP contribution in [0, 0.1) is 0 Å². The number of carbonyl (C=O) groups is 1. The van der Waals surface area contributed by atoms with Gasteiger partial charge in [0.15, 0.2) is 9.84 Å². The van der Waals surface area contributed by atoms with E-state index in [1.807, 2.05) is 0 Å². The van der Waals surface area contributed by atoms with Crippen molar-refractivity contribution in [2.75, 3.05) is 37.7 Å². The Morgan fingerprint density at radius 3 is 1.94 bits per heavy atom. The molecule has 0 spiro atoms. The van der Waals surface area contributed by atoms with Gasteiger partial charge >= 0.3 is 5.97 Å². The number of nitrogens with zero attached hydrogens (tertiary/aromatic N) is 1. The Labute approximate surface area is 197 Å². The van der Waals surface area contributed by atoms with Crippen LogP contribution in [-0.2, 0) is 19.4 Å². The lowest BCUT2D eigenvalue weighted by molar-refractivity contribution is -0.144. The van der Waals surface area contributed by atoms with Gasteiger partial charge in [-0.05, 0) is 51.4 Å². The number of sulfone groups is 1. The van der Waals surface area contributed by atoms with Crippen LogP contribution in [-0.4, -0.2) is 57.0 Å². The Hall–Kier alpha value is -1.14. The number of rotatable bonds is 19. The Bertz CT molecular complexity index is 614. The lowest BCUT2D eigenvalue weighted by Crippen LogP contribution is -2.41. The van der Waals surface area contributed by atoms with E-state index in [1.54, 1.807) is 0 Å². The quantitative estimate of drug-likeness (QED) is 0.135. The molecule has 1 aliphatic rings. The van der Waals surface area contributed by atoms with Gasteiger partial charge in [-0.3, -0.25) is 9.69 Å². The molecule has 0 saturated carbocycles. The van der Waals surface area contributed by atoms with Crippen molar-refractivity contribution >= 4 is 15.8 Å². The van der Waals surface area contributed by atoms with E-state index in [0.29, 0.717) is 32.7 Å². The standard InChI is InChI=1S/C26H47NO4S/c1-2-3-4-5-6-7-8-9-10-11-12-13-14-15-16-17-18-19-26(28)31-23-20-27-21-24-32(29,30)25-22-27/h6-7,11-12H,2-5,8-10,13-25H2,1H3/b7-6-,12-11-. The number of hydrogen-bond acceptors (Lipinski definition) is 5. The highest BCUT2D eigenvalue weighted by Crippen LogP contribution is 2.09. The van der Waals surface area contributed by atoms with Crippen LogP contribution in [0.4, 0.5) is 0 Å². The topological polar surface area (TPSA) is 63.7 Å². The molecule has 5 nitrogen and oxygen atoms in total. The van der Waals surface area contributed by atoms with Crippen LogP contribution in [0.5, 0.6) is 0 Å². The molecule has 0 radical (unpaired) electrons. The Morgan fingerprint density at radius 1 is 0.781 bits per heavy atom. The predicted molar refractivity (Wildman–Crippen MR) is 135 cm³/mol. The summed E-state index contributed by atoms with van der Waals surface area (Å²) < 4.78 is 28.1.